The number of pyridine rings is 2. The Bertz CT molecular complexity index is 1190. The van der Waals surface area contributed by atoms with Gasteiger partial charge in [0, 0.05) is 56.7 Å². The van der Waals surface area contributed by atoms with E-state index in [2.05, 4.69) is 9.97 Å². The van der Waals surface area contributed by atoms with Crippen molar-refractivity contribution in [1.29, 1.82) is 0 Å². The first-order valence-electron chi connectivity index (χ1n) is 12.3. The molecule has 0 radical (unpaired) electrons. The van der Waals surface area contributed by atoms with Crippen molar-refractivity contribution in [1.82, 2.24) is 19.8 Å². The third kappa shape index (κ3) is 6.14. The maximum atomic E-state index is 13.3. The Morgan fingerprint density at radius 3 is 2.71 bits per heavy atom. The molecule has 1 amide bonds. The van der Waals surface area contributed by atoms with Gasteiger partial charge in [-0.05, 0) is 48.4 Å². The van der Waals surface area contributed by atoms with E-state index in [4.69, 9.17) is 9.47 Å². The molecule has 2 saturated heterocycles. The summed E-state index contributed by atoms with van der Waals surface area (Å²) in [6.07, 6.45) is 3.52. The average Bonchev–Trinajstić information content (AvgIpc) is 3.02. The number of benzene rings is 1. The van der Waals surface area contributed by atoms with Gasteiger partial charge in [-0.3, -0.25) is 19.5 Å². The number of aromatic amines is 1. The lowest BCUT2D eigenvalue weighted by Gasteiger charge is -2.30. The minimum absolute atomic E-state index is 0.0812. The highest BCUT2D eigenvalue weighted by Gasteiger charge is 2.31. The summed E-state index contributed by atoms with van der Waals surface area (Å²) in [6, 6.07) is 15.4. The van der Waals surface area contributed by atoms with Gasteiger partial charge >= 0.3 is 0 Å². The predicted molar refractivity (Wildman–Crippen MR) is 133 cm³/mol. The van der Waals surface area contributed by atoms with Crippen LogP contribution in [-0.2, 0) is 27.4 Å². The van der Waals surface area contributed by atoms with Crippen molar-refractivity contribution in [2.75, 3.05) is 39.4 Å². The third-order valence-corrected chi connectivity index (χ3v) is 6.83. The van der Waals surface area contributed by atoms with Crippen molar-refractivity contribution in [3.8, 4) is 0 Å². The van der Waals surface area contributed by atoms with Gasteiger partial charge in [-0.1, -0.05) is 24.3 Å². The number of carbonyl (C=O) groups is 1. The molecule has 5 rings (SSSR count). The van der Waals surface area contributed by atoms with E-state index in [0.29, 0.717) is 37.7 Å². The third-order valence-electron chi connectivity index (χ3n) is 6.83. The molecule has 1 aromatic carbocycles. The topological polar surface area (TPSA) is 87.8 Å². The molecule has 0 bridgehead atoms. The number of nitrogens with zero attached hydrogens (tertiary/aromatic N) is 3. The summed E-state index contributed by atoms with van der Waals surface area (Å²) in [5.74, 6) is 0.525. The molecule has 1 atom stereocenters. The van der Waals surface area contributed by atoms with Gasteiger partial charge in [-0.2, -0.15) is 0 Å². The summed E-state index contributed by atoms with van der Waals surface area (Å²) in [5, 5.41) is 0.979. The molecule has 2 aromatic heterocycles. The van der Waals surface area contributed by atoms with Crippen LogP contribution in [0.3, 0.4) is 0 Å². The molecule has 184 valence electrons. The number of para-hydroxylation sites is 1. The number of hydrogen-bond acceptors (Lipinski definition) is 6. The molecule has 3 aromatic rings. The fraction of sp³-hybridized carbons (Fsp3) is 0.444. The number of carbonyl (C=O) groups excluding carboxylic acids is 1. The molecule has 2 fully saturated rings. The molecule has 2 aliphatic rings. The average molecular weight is 477 g/mol. The van der Waals surface area contributed by atoms with E-state index in [0.717, 1.165) is 49.2 Å². The highest BCUT2D eigenvalue weighted by molar-refractivity contribution is 5.79. The van der Waals surface area contributed by atoms with Crippen LogP contribution in [0.15, 0.2) is 59.5 Å². The molecular formula is C27H32N4O4. The molecule has 2 aliphatic heterocycles. The fourth-order valence-electron chi connectivity index (χ4n) is 4.93. The number of H-pyrrole nitrogens is 1. The second-order valence-corrected chi connectivity index (χ2v) is 9.49. The van der Waals surface area contributed by atoms with Gasteiger partial charge in [0.1, 0.15) is 0 Å². The van der Waals surface area contributed by atoms with Crippen molar-refractivity contribution < 1.29 is 14.3 Å². The minimum atomic E-state index is -0.178. The van der Waals surface area contributed by atoms with Gasteiger partial charge in [-0.15, -0.1) is 0 Å². The summed E-state index contributed by atoms with van der Waals surface area (Å²) in [7, 11) is 0. The number of aromatic nitrogens is 2. The van der Waals surface area contributed by atoms with Crippen LogP contribution in [0.1, 0.15) is 24.1 Å². The summed E-state index contributed by atoms with van der Waals surface area (Å²) < 4.78 is 11.8. The number of amides is 1. The van der Waals surface area contributed by atoms with E-state index in [1.54, 1.807) is 6.20 Å². The van der Waals surface area contributed by atoms with Crippen LogP contribution in [0.4, 0.5) is 0 Å². The molecule has 0 aliphatic carbocycles. The lowest BCUT2D eigenvalue weighted by molar-refractivity contribution is -0.133. The SMILES string of the molecule is O=C1CN(Cc2cc3ccccc3[nH]c2=O)CC(OCc2ccccn2)CN1CC1CCOCC1. The first kappa shape index (κ1) is 23.7. The quantitative estimate of drug-likeness (QED) is 0.564. The van der Waals surface area contributed by atoms with Crippen molar-refractivity contribution in [2.24, 2.45) is 5.92 Å². The summed E-state index contributed by atoms with van der Waals surface area (Å²) in [5.41, 5.74) is 2.20. The summed E-state index contributed by atoms with van der Waals surface area (Å²) in [4.78, 5) is 37.4. The lowest BCUT2D eigenvalue weighted by atomic mass is 9.99. The Kier molecular flexibility index (Phi) is 7.51. The number of rotatable bonds is 7. The van der Waals surface area contributed by atoms with Crippen molar-refractivity contribution in [2.45, 2.75) is 32.1 Å². The normalized spacial score (nSPS) is 20.3. The van der Waals surface area contributed by atoms with Crippen LogP contribution in [0.25, 0.3) is 10.9 Å². The van der Waals surface area contributed by atoms with Gasteiger partial charge in [0.05, 0.1) is 24.9 Å². The Balaban J connectivity index is 1.33. The monoisotopic (exact) mass is 476 g/mol. The Labute approximate surface area is 204 Å². The highest BCUT2D eigenvalue weighted by Crippen LogP contribution is 2.20. The number of nitrogens with one attached hydrogen (secondary N) is 1. The van der Waals surface area contributed by atoms with E-state index in [1.165, 1.54) is 0 Å². The number of hydrogen-bond donors (Lipinski definition) is 1. The molecule has 8 heteroatoms. The van der Waals surface area contributed by atoms with E-state index in [-0.39, 0.29) is 24.1 Å². The summed E-state index contributed by atoms with van der Waals surface area (Å²) >= 11 is 0. The van der Waals surface area contributed by atoms with Crippen molar-refractivity contribution in [3.63, 3.8) is 0 Å². The zero-order valence-electron chi connectivity index (χ0n) is 19.9. The highest BCUT2D eigenvalue weighted by atomic mass is 16.5. The van der Waals surface area contributed by atoms with E-state index in [9.17, 15) is 9.59 Å². The van der Waals surface area contributed by atoms with Crippen LogP contribution >= 0.6 is 0 Å². The van der Waals surface area contributed by atoms with Gasteiger partial charge in [-0.25, -0.2) is 0 Å². The van der Waals surface area contributed by atoms with Crippen LogP contribution in [0.5, 0.6) is 0 Å². The van der Waals surface area contributed by atoms with Crippen molar-refractivity contribution >= 4 is 16.8 Å². The van der Waals surface area contributed by atoms with E-state index >= 15 is 0 Å². The number of ether oxygens (including phenoxy) is 2. The standard InChI is InChI=1S/C27H32N4O4/c32-26-18-30(15-22-13-21-5-1-2-7-25(21)29-27(22)33)16-24(35-19-23-6-3-4-10-28-23)17-31(26)14-20-8-11-34-12-9-20/h1-7,10,13,20,24H,8-9,11-12,14-19H2,(H,29,33). The smallest absolute Gasteiger partial charge is 0.252 e. The lowest BCUT2D eigenvalue weighted by Crippen LogP contribution is -2.42. The molecule has 1 N–H and O–H groups in total. The van der Waals surface area contributed by atoms with Crippen LogP contribution in [0, 0.1) is 5.92 Å². The zero-order chi connectivity index (χ0) is 24.0. The van der Waals surface area contributed by atoms with E-state index < -0.39 is 0 Å². The summed E-state index contributed by atoms with van der Waals surface area (Å²) in [6.45, 7) is 4.36. The maximum absolute atomic E-state index is 13.3. The maximum Gasteiger partial charge on any atom is 0.252 e. The Morgan fingerprint density at radius 1 is 1.06 bits per heavy atom. The molecule has 8 nitrogen and oxygen atoms in total. The van der Waals surface area contributed by atoms with Crippen LogP contribution in [-0.4, -0.2) is 71.2 Å². The van der Waals surface area contributed by atoms with Crippen LogP contribution in [0.2, 0.25) is 0 Å². The second-order valence-electron chi connectivity index (χ2n) is 9.49. The van der Waals surface area contributed by atoms with E-state index in [1.807, 2.05) is 58.3 Å². The predicted octanol–water partition coefficient (Wildman–Crippen LogP) is 2.58. The molecule has 0 saturated carbocycles. The zero-order valence-corrected chi connectivity index (χ0v) is 19.9. The molecular weight excluding hydrogens is 444 g/mol. The minimum Gasteiger partial charge on any atom is -0.381 e. The number of fused-ring (bicyclic) bond motifs is 1. The van der Waals surface area contributed by atoms with Gasteiger partial charge < -0.3 is 19.4 Å². The van der Waals surface area contributed by atoms with Gasteiger partial charge in [0.15, 0.2) is 0 Å². The molecule has 1 unspecified atom stereocenters. The molecule has 4 heterocycles. The first-order valence-corrected chi connectivity index (χ1v) is 12.3. The largest absolute Gasteiger partial charge is 0.381 e. The molecule has 35 heavy (non-hydrogen) atoms. The Morgan fingerprint density at radius 2 is 1.89 bits per heavy atom. The fourth-order valence-corrected chi connectivity index (χ4v) is 4.93. The van der Waals surface area contributed by atoms with Crippen molar-refractivity contribution in [3.05, 3.63) is 76.3 Å². The second kappa shape index (κ2) is 11.1. The Hall–Kier alpha value is -3.07. The van der Waals surface area contributed by atoms with Gasteiger partial charge in [0.25, 0.3) is 5.56 Å². The van der Waals surface area contributed by atoms with Gasteiger partial charge in [0.2, 0.25) is 5.91 Å². The van der Waals surface area contributed by atoms with Crippen LogP contribution < -0.4 is 5.56 Å². The first-order chi connectivity index (χ1) is 17.1. The molecule has 0 spiro atoms.